The highest BCUT2D eigenvalue weighted by Crippen LogP contribution is 2.28. The molecule has 0 bridgehead atoms. The number of likely N-dealkylation sites (N-methyl/N-ethyl adjacent to an activating group) is 1. The topological polar surface area (TPSA) is 12.5 Å². The van der Waals surface area contributed by atoms with E-state index in [1.807, 2.05) is 0 Å². The second-order valence-corrected chi connectivity index (χ2v) is 6.11. The molecular formula is C12H26BrNO. The van der Waals surface area contributed by atoms with Gasteiger partial charge in [0.15, 0.2) is 0 Å². The van der Waals surface area contributed by atoms with Crippen molar-refractivity contribution in [3.63, 3.8) is 0 Å². The first kappa shape index (κ1) is 15.4. The lowest BCUT2D eigenvalue weighted by Gasteiger charge is -2.35. The van der Waals surface area contributed by atoms with E-state index in [0.717, 1.165) is 18.5 Å². The molecule has 0 saturated carbocycles. The van der Waals surface area contributed by atoms with Gasteiger partial charge in [-0.15, -0.1) is 0 Å². The minimum Gasteiger partial charge on any atom is -0.383 e. The summed E-state index contributed by atoms with van der Waals surface area (Å²) >= 11 is 3.61. The zero-order valence-corrected chi connectivity index (χ0v) is 12.6. The average Bonchev–Trinajstić information content (AvgIpc) is 2.12. The molecule has 2 nitrogen and oxygen atoms in total. The van der Waals surface area contributed by atoms with Crippen molar-refractivity contribution in [2.75, 3.05) is 32.6 Å². The van der Waals surface area contributed by atoms with Gasteiger partial charge in [0.25, 0.3) is 0 Å². The summed E-state index contributed by atoms with van der Waals surface area (Å²) in [5, 5.41) is 1.06. The smallest absolute Gasteiger partial charge is 0.0615 e. The second kappa shape index (κ2) is 6.87. The van der Waals surface area contributed by atoms with E-state index in [9.17, 15) is 0 Å². The van der Waals surface area contributed by atoms with E-state index in [2.05, 4.69) is 55.6 Å². The minimum atomic E-state index is 0.352. The first-order valence-corrected chi connectivity index (χ1v) is 6.70. The van der Waals surface area contributed by atoms with Gasteiger partial charge in [0, 0.05) is 25.0 Å². The summed E-state index contributed by atoms with van der Waals surface area (Å²) in [6, 6.07) is 0.485. The minimum absolute atomic E-state index is 0.352. The zero-order valence-electron chi connectivity index (χ0n) is 11.0. The summed E-state index contributed by atoms with van der Waals surface area (Å²) in [6.07, 6.45) is 0. The molecule has 0 aliphatic heterocycles. The lowest BCUT2D eigenvalue weighted by molar-refractivity contribution is 0.0911. The maximum atomic E-state index is 5.17. The van der Waals surface area contributed by atoms with Gasteiger partial charge in [-0.25, -0.2) is 0 Å². The molecule has 92 valence electrons. The maximum Gasteiger partial charge on any atom is 0.0615 e. The Morgan fingerprint density at radius 2 is 1.87 bits per heavy atom. The molecule has 0 saturated heterocycles. The quantitative estimate of drug-likeness (QED) is 0.693. The van der Waals surface area contributed by atoms with E-state index in [1.54, 1.807) is 7.11 Å². The van der Waals surface area contributed by atoms with Gasteiger partial charge in [0.05, 0.1) is 6.61 Å². The number of hydrogen-bond acceptors (Lipinski definition) is 2. The Kier molecular flexibility index (Phi) is 7.05. The van der Waals surface area contributed by atoms with Crippen LogP contribution in [0.2, 0.25) is 0 Å². The van der Waals surface area contributed by atoms with Crippen LogP contribution < -0.4 is 0 Å². The molecule has 0 aliphatic carbocycles. The largest absolute Gasteiger partial charge is 0.383 e. The Balaban J connectivity index is 4.18. The Morgan fingerprint density at radius 1 is 1.33 bits per heavy atom. The van der Waals surface area contributed by atoms with Crippen LogP contribution >= 0.6 is 15.9 Å². The number of ether oxygens (including phenoxy) is 1. The molecule has 0 heterocycles. The number of halogens is 1. The molecule has 0 rings (SSSR count). The van der Waals surface area contributed by atoms with Crippen molar-refractivity contribution in [1.82, 2.24) is 4.90 Å². The molecule has 0 aromatic heterocycles. The number of rotatable bonds is 6. The fourth-order valence-corrected chi connectivity index (χ4v) is 2.63. The van der Waals surface area contributed by atoms with Gasteiger partial charge in [-0.2, -0.15) is 0 Å². The third-order valence-corrected chi connectivity index (χ3v) is 3.86. The molecule has 2 unspecified atom stereocenters. The molecule has 0 aliphatic rings. The number of methoxy groups -OCH3 is 1. The lowest BCUT2D eigenvalue weighted by Crippen LogP contribution is -2.40. The first-order chi connectivity index (χ1) is 6.82. The van der Waals surface area contributed by atoms with E-state index in [4.69, 9.17) is 4.74 Å². The Bertz CT molecular complexity index is 167. The second-order valence-electron chi connectivity index (χ2n) is 5.46. The normalized spacial score (nSPS) is 16.8. The average molecular weight is 280 g/mol. The van der Waals surface area contributed by atoms with Crippen LogP contribution in [0.15, 0.2) is 0 Å². The van der Waals surface area contributed by atoms with Gasteiger partial charge in [0.1, 0.15) is 0 Å². The van der Waals surface area contributed by atoms with Crippen LogP contribution in [0.5, 0.6) is 0 Å². The van der Waals surface area contributed by atoms with Gasteiger partial charge in [0.2, 0.25) is 0 Å². The molecule has 0 aromatic carbocycles. The lowest BCUT2D eigenvalue weighted by atomic mass is 9.81. The molecule has 0 aromatic rings. The summed E-state index contributed by atoms with van der Waals surface area (Å²) < 4.78 is 5.17. The molecule has 2 atom stereocenters. The number of hydrogen-bond donors (Lipinski definition) is 0. The molecule has 0 amide bonds. The van der Waals surface area contributed by atoms with E-state index in [1.165, 1.54) is 0 Å². The molecule has 0 radical (unpaired) electrons. The summed E-state index contributed by atoms with van der Waals surface area (Å²) in [7, 11) is 3.93. The third kappa shape index (κ3) is 5.88. The maximum absolute atomic E-state index is 5.17. The van der Waals surface area contributed by atoms with Gasteiger partial charge in [-0.1, -0.05) is 36.7 Å². The highest BCUT2D eigenvalue weighted by Gasteiger charge is 2.25. The fraction of sp³-hybridized carbons (Fsp3) is 1.00. The van der Waals surface area contributed by atoms with Crippen molar-refractivity contribution in [2.45, 2.75) is 33.7 Å². The molecule has 0 N–H and O–H groups in total. The van der Waals surface area contributed by atoms with Gasteiger partial charge < -0.3 is 9.64 Å². The van der Waals surface area contributed by atoms with Crippen LogP contribution in [-0.2, 0) is 4.74 Å². The van der Waals surface area contributed by atoms with Crippen molar-refractivity contribution < 1.29 is 4.74 Å². The summed E-state index contributed by atoms with van der Waals surface area (Å²) in [6.45, 7) is 11.0. The van der Waals surface area contributed by atoms with E-state index in [0.29, 0.717) is 17.4 Å². The van der Waals surface area contributed by atoms with Crippen LogP contribution in [0.3, 0.4) is 0 Å². The van der Waals surface area contributed by atoms with Crippen LogP contribution in [0.1, 0.15) is 27.7 Å². The van der Waals surface area contributed by atoms with E-state index < -0.39 is 0 Å². The Hall–Kier alpha value is 0.400. The van der Waals surface area contributed by atoms with Crippen LogP contribution in [0.4, 0.5) is 0 Å². The van der Waals surface area contributed by atoms with Crippen molar-refractivity contribution in [3.05, 3.63) is 0 Å². The predicted octanol–water partition coefficient (Wildman–Crippen LogP) is 3.01. The number of alkyl halides is 1. The molecular weight excluding hydrogens is 254 g/mol. The summed E-state index contributed by atoms with van der Waals surface area (Å²) in [5.74, 6) is 0.668. The van der Waals surface area contributed by atoms with Crippen molar-refractivity contribution in [3.8, 4) is 0 Å². The van der Waals surface area contributed by atoms with Crippen LogP contribution in [0.25, 0.3) is 0 Å². The Morgan fingerprint density at radius 3 is 2.20 bits per heavy atom. The summed E-state index contributed by atoms with van der Waals surface area (Å²) in [5.41, 5.74) is 0.352. The zero-order chi connectivity index (χ0) is 12.1. The van der Waals surface area contributed by atoms with Crippen molar-refractivity contribution in [2.24, 2.45) is 11.3 Å². The highest BCUT2D eigenvalue weighted by atomic mass is 79.9. The first-order valence-electron chi connectivity index (χ1n) is 5.58. The number of nitrogens with zero attached hydrogens (tertiary/aromatic N) is 1. The molecule has 3 heteroatoms. The SMILES string of the molecule is COCC(C)N(C)CC(CBr)C(C)(C)C. The fourth-order valence-electron chi connectivity index (χ4n) is 1.45. The van der Waals surface area contributed by atoms with E-state index in [-0.39, 0.29) is 0 Å². The third-order valence-electron chi connectivity index (χ3n) is 3.08. The summed E-state index contributed by atoms with van der Waals surface area (Å²) in [4.78, 5) is 2.38. The van der Waals surface area contributed by atoms with Crippen molar-refractivity contribution in [1.29, 1.82) is 0 Å². The standard InChI is InChI=1S/C12H26BrNO/c1-10(9-15-6)14(5)8-11(7-13)12(2,3)4/h10-11H,7-9H2,1-6H3. The monoisotopic (exact) mass is 279 g/mol. The molecule has 0 fully saturated rings. The molecule has 0 spiro atoms. The van der Waals surface area contributed by atoms with Gasteiger partial charge in [-0.3, -0.25) is 0 Å². The van der Waals surface area contributed by atoms with Crippen LogP contribution in [-0.4, -0.2) is 43.6 Å². The Labute approximate surface area is 103 Å². The van der Waals surface area contributed by atoms with Gasteiger partial charge >= 0.3 is 0 Å². The van der Waals surface area contributed by atoms with E-state index >= 15 is 0 Å². The van der Waals surface area contributed by atoms with Crippen molar-refractivity contribution >= 4 is 15.9 Å². The molecule has 15 heavy (non-hydrogen) atoms. The van der Waals surface area contributed by atoms with Crippen LogP contribution in [0, 0.1) is 11.3 Å². The predicted molar refractivity (Wildman–Crippen MR) is 70.7 cm³/mol. The highest BCUT2D eigenvalue weighted by molar-refractivity contribution is 9.09. The van der Waals surface area contributed by atoms with Gasteiger partial charge in [-0.05, 0) is 25.3 Å².